The summed E-state index contributed by atoms with van der Waals surface area (Å²) >= 11 is 0. The van der Waals surface area contributed by atoms with Gasteiger partial charge in [0, 0.05) is 0 Å². The van der Waals surface area contributed by atoms with Crippen molar-refractivity contribution in [3.8, 4) is 0 Å². The molecule has 0 N–H and O–H groups in total. The molecule has 0 saturated carbocycles. The zero-order chi connectivity index (χ0) is 72.6. The minimum Gasteiger partial charge on any atom is -0.0616 e. The topological polar surface area (TPSA) is 0 Å². The van der Waals surface area contributed by atoms with Crippen LogP contribution < -0.4 is 0 Å². The van der Waals surface area contributed by atoms with Gasteiger partial charge in [0.2, 0.25) is 0 Å². The second kappa shape index (κ2) is 26.9. The maximum Gasteiger partial charge on any atom is -0.00988 e. The van der Waals surface area contributed by atoms with Crippen LogP contribution in [0.3, 0.4) is 0 Å². The summed E-state index contributed by atoms with van der Waals surface area (Å²) in [5, 5.41) is 52.7. The molecule has 0 heteroatoms. The van der Waals surface area contributed by atoms with Crippen molar-refractivity contribution < 1.29 is 0 Å². The largest absolute Gasteiger partial charge is 0.0616 e. The highest BCUT2D eigenvalue weighted by molar-refractivity contribution is 6.23. The monoisotopic (exact) mass is 1390 g/mol. The highest BCUT2D eigenvalue weighted by Crippen LogP contribution is 2.40. The van der Waals surface area contributed by atoms with Gasteiger partial charge < -0.3 is 0 Å². The summed E-state index contributed by atoms with van der Waals surface area (Å²) < 4.78 is 0. The molecule has 25 rings (SSSR count). The molecule has 0 radical (unpaired) electrons. The molecule has 510 valence electrons. The van der Waals surface area contributed by atoms with Crippen molar-refractivity contribution in [1.82, 2.24) is 0 Å². The van der Waals surface area contributed by atoms with Gasteiger partial charge >= 0.3 is 0 Å². The van der Waals surface area contributed by atoms with Gasteiger partial charge in [-0.25, -0.2) is 0 Å². The zero-order valence-electron chi connectivity index (χ0n) is 60.4. The molecule has 110 heavy (non-hydrogen) atoms. The normalized spacial score (nSPS) is 11.6. The number of fused-ring (bicyclic) bond motifs is 30. The molecule has 0 nitrogen and oxygen atoms in total. The third-order valence-electron chi connectivity index (χ3n) is 23.0. The summed E-state index contributed by atoms with van der Waals surface area (Å²) in [4.78, 5) is 0. The van der Waals surface area contributed by atoms with Crippen LogP contribution in [0.15, 0.2) is 425 Å². The number of hydrogen-bond donors (Lipinski definition) is 0. The fraction of sp³-hybridized carbons (Fsp3) is 0. The van der Waals surface area contributed by atoms with E-state index in [2.05, 4.69) is 425 Å². The highest BCUT2D eigenvalue weighted by Gasteiger charge is 2.12. The molecule has 0 aromatic heterocycles. The van der Waals surface area contributed by atoms with Crippen molar-refractivity contribution in [2.75, 3.05) is 0 Å². The molecule has 0 fully saturated rings. The fourth-order valence-corrected chi connectivity index (χ4v) is 17.6. The van der Waals surface area contributed by atoms with Crippen LogP contribution >= 0.6 is 0 Å². The second-order valence-electron chi connectivity index (χ2n) is 29.3. The maximum atomic E-state index is 2.36. The molecule has 0 amide bonds. The molecule has 0 aliphatic carbocycles. The van der Waals surface area contributed by atoms with E-state index in [0.29, 0.717) is 0 Å². The summed E-state index contributed by atoms with van der Waals surface area (Å²) in [6.07, 6.45) is 0. The SMILES string of the molecule is c1ccc2c(c1)ccc1cc3ccc4ccccc4c3cc12.c1ccc2c(c1)ccc1cc3ccc4ccccc4c3cc12.c1ccc2c(c1)ccc1cc3ccc4ccccc4c3cc12.c1ccc2c(c1)ccc1cc3ccc4ccccc4c3cc12.c1ccc2c(c1)ccc1cc3ccc4ccccc4c3cc12. The molecule has 0 aliphatic heterocycles. The van der Waals surface area contributed by atoms with Gasteiger partial charge in [-0.15, -0.1) is 0 Å². The lowest BCUT2D eigenvalue weighted by Gasteiger charge is -2.08. The quantitative estimate of drug-likeness (QED) is 0.105. The van der Waals surface area contributed by atoms with E-state index in [-0.39, 0.29) is 0 Å². The molecular weight excluding hydrogens is 1320 g/mol. The number of benzene rings is 25. The lowest BCUT2D eigenvalue weighted by molar-refractivity contribution is 1.78. The Morgan fingerprint density at radius 1 is 0.0636 bits per heavy atom. The third-order valence-corrected chi connectivity index (χ3v) is 23.0. The zero-order valence-corrected chi connectivity index (χ0v) is 60.4. The van der Waals surface area contributed by atoms with E-state index in [0.717, 1.165) is 0 Å². The third kappa shape index (κ3) is 11.4. The van der Waals surface area contributed by atoms with Crippen molar-refractivity contribution in [3.05, 3.63) is 425 Å². The molecule has 25 aromatic carbocycles. The van der Waals surface area contributed by atoms with Crippen molar-refractivity contribution >= 4 is 215 Å². The van der Waals surface area contributed by atoms with Crippen LogP contribution in [-0.4, -0.2) is 0 Å². The van der Waals surface area contributed by atoms with E-state index in [1.54, 1.807) is 0 Å². The smallest absolute Gasteiger partial charge is 0.00988 e. The summed E-state index contributed by atoms with van der Waals surface area (Å²) in [5.74, 6) is 0. The Morgan fingerprint density at radius 3 is 0.264 bits per heavy atom. The molecule has 0 bridgehead atoms. The predicted molar refractivity (Wildman–Crippen MR) is 482 cm³/mol. The molecule has 0 spiro atoms. The minimum atomic E-state index is 1.30. The standard InChI is InChI=1S/5C22H14/c5*1-3-7-19-15(5-1)9-11-17-13-18-12-10-16-6-2-4-8-20(16)22(18)14-21(17)19/h5*1-14H. The summed E-state index contributed by atoms with van der Waals surface area (Å²) in [7, 11) is 0. The first kappa shape index (κ1) is 64.1. The van der Waals surface area contributed by atoms with E-state index >= 15 is 0 Å². The van der Waals surface area contributed by atoms with Gasteiger partial charge in [-0.05, 0) is 276 Å². The van der Waals surface area contributed by atoms with Crippen molar-refractivity contribution in [2.24, 2.45) is 0 Å². The van der Waals surface area contributed by atoms with Crippen LogP contribution in [-0.2, 0) is 0 Å². The van der Waals surface area contributed by atoms with E-state index in [1.165, 1.54) is 215 Å². The average Bonchev–Trinajstić information content (AvgIpc) is 0.777. The Hall–Kier alpha value is -14.3. The van der Waals surface area contributed by atoms with E-state index < -0.39 is 0 Å². The maximum absolute atomic E-state index is 2.36. The predicted octanol–water partition coefficient (Wildman–Crippen LogP) is 31.5. The van der Waals surface area contributed by atoms with Crippen molar-refractivity contribution in [2.45, 2.75) is 0 Å². The first-order valence-electron chi connectivity index (χ1n) is 38.2. The molecule has 0 atom stereocenters. The van der Waals surface area contributed by atoms with E-state index in [1.807, 2.05) is 0 Å². The van der Waals surface area contributed by atoms with E-state index in [4.69, 9.17) is 0 Å². The van der Waals surface area contributed by atoms with Gasteiger partial charge in [0.05, 0.1) is 0 Å². The highest BCUT2D eigenvalue weighted by atomic mass is 14.2. The first-order chi connectivity index (χ1) is 54.5. The van der Waals surface area contributed by atoms with Crippen LogP contribution in [0.1, 0.15) is 0 Å². The number of rotatable bonds is 0. The molecule has 0 aliphatic rings. The van der Waals surface area contributed by atoms with Gasteiger partial charge in [-0.1, -0.05) is 364 Å². The fourth-order valence-electron chi connectivity index (χ4n) is 17.6. The van der Waals surface area contributed by atoms with Gasteiger partial charge in [0.25, 0.3) is 0 Å². The molecule has 0 saturated heterocycles. The van der Waals surface area contributed by atoms with Crippen LogP contribution in [0.25, 0.3) is 215 Å². The average molecular weight is 1390 g/mol. The van der Waals surface area contributed by atoms with Crippen molar-refractivity contribution in [1.29, 1.82) is 0 Å². The van der Waals surface area contributed by atoms with Gasteiger partial charge in [-0.2, -0.15) is 0 Å². The van der Waals surface area contributed by atoms with Gasteiger partial charge in [-0.3, -0.25) is 0 Å². The lowest BCUT2D eigenvalue weighted by atomic mass is 9.95. The molecular formula is C110H70. The van der Waals surface area contributed by atoms with Crippen molar-refractivity contribution in [3.63, 3.8) is 0 Å². The number of hydrogen-bond acceptors (Lipinski definition) is 0. The Kier molecular flexibility index (Phi) is 15.7. The van der Waals surface area contributed by atoms with Crippen LogP contribution in [0, 0.1) is 0 Å². The van der Waals surface area contributed by atoms with Crippen LogP contribution in [0.5, 0.6) is 0 Å². The summed E-state index contributed by atoms with van der Waals surface area (Å²) in [6.45, 7) is 0. The molecule has 0 heterocycles. The van der Waals surface area contributed by atoms with E-state index in [9.17, 15) is 0 Å². The van der Waals surface area contributed by atoms with Crippen LogP contribution in [0.4, 0.5) is 0 Å². The summed E-state index contributed by atoms with van der Waals surface area (Å²) in [5.41, 5.74) is 0. The van der Waals surface area contributed by atoms with Gasteiger partial charge in [0.15, 0.2) is 0 Å². The van der Waals surface area contributed by atoms with Crippen LogP contribution in [0.2, 0.25) is 0 Å². The lowest BCUT2D eigenvalue weighted by Crippen LogP contribution is -1.81. The first-order valence-corrected chi connectivity index (χ1v) is 38.2. The molecule has 0 unspecified atom stereocenters. The Labute approximate surface area is 635 Å². The Balaban J connectivity index is 0.0000000873. The summed E-state index contributed by atoms with van der Waals surface area (Å²) in [6, 6.07) is 154. The Bertz CT molecular complexity index is 6480. The molecule has 25 aromatic rings. The second-order valence-corrected chi connectivity index (χ2v) is 29.3. The minimum absolute atomic E-state index is 1.30. The Morgan fingerprint density at radius 2 is 0.155 bits per heavy atom. The van der Waals surface area contributed by atoms with Gasteiger partial charge in [0.1, 0.15) is 0 Å².